The molecular formula is C29H23ClFN3O4S. The zero-order chi connectivity index (χ0) is 27.6. The van der Waals surface area contributed by atoms with Gasteiger partial charge < -0.3 is 10.1 Å². The van der Waals surface area contributed by atoms with Crippen LogP contribution in [0.15, 0.2) is 94.9 Å². The van der Waals surface area contributed by atoms with Crippen LogP contribution in [-0.2, 0) is 9.84 Å². The summed E-state index contributed by atoms with van der Waals surface area (Å²) in [5.41, 5.74) is 3.06. The number of rotatable bonds is 6. The third-order valence-electron chi connectivity index (χ3n) is 6.08. The monoisotopic (exact) mass is 563 g/mol. The van der Waals surface area contributed by atoms with Gasteiger partial charge in [0.1, 0.15) is 17.3 Å². The minimum Gasteiger partial charge on any atom is -0.457 e. The summed E-state index contributed by atoms with van der Waals surface area (Å²) in [6.07, 6.45) is 3.47. The molecule has 0 aliphatic carbocycles. The molecule has 1 heterocycles. The second-order valence-corrected chi connectivity index (χ2v) is 11.3. The quantitative estimate of drug-likeness (QED) is 0.268. The molecule has 0 fully saturated rings. The van der Waals surface area contributed by atoms with Crippen molar-refractivity contribution in [3.63, 3.8) is 0 Å². The number of carbonyl (C=O) groups excluding carboxylic acids is 1. The molecule has 5 rings (SSSR count). The summed E-state index contributed by atoms with van der Waals surface area (Å²) in [7, 11) is -3.37. The van der Waals surface area contributed by atoms with Gasteiger partial charge in [0.15, 0.2) is 9.84 Å². The number of urea groups is 1. The van der Waals surface area contributed by atoms with Crippen LogP contribution in [-0.4, -0.2) is 38.5 Å². The molecule has 0 atom stereocenters. The van der Waals surface area contributed by atoms with E-state index in [4.69, 9.17) is 16.3 Å². The number of ether oxygens (including phenoxy) is 1. The summed E-state index contributed by atoms with van der Waals surface area (Å²) in [6.45, 7) is 0.465. The summed E-state index contributed by atoms with van der Waals surface area (Å²) < 4.78 is 43.9. The second kappa shape index (κ2) is 10.9. The third-order valence-corrected chi connectivity index (χ3v) is 7.46. The van der Waals surface area contributed by atoms with Crippen LogP contribution in [0.4, 0.5) is 14.9 Å². The van der Waals surface area contributed by atoms with Gasteiger partial charge in [-0.25, -0.2) is 22.6 Å². The van der Waals surface area contributed by atoms with Crippen LogP contribution >= 0.6 is 11.6 Å². The number of hydrazone groups is 1. The molecule has 1 N–H and O–H groups in total. The molecule has 1 aliphatic heterocycles. The Bertz CT molecular complexity index is 1660. The van der Waals surface area contributed by atoms with Gasteiger partial charge in [0.25, 0.3) is 0 Å². The van der Waals surface area contributed by atoms with Gasteiger partial charge in [-0.15, -0.1) is 0 Å². The van der Waals surface area contributed by atoms with E-state index in [9.17, 15) is 17.6 Å². The predicted octanol–water partition coefficient (Wildman–Crippen LogP) is 7.23. The van der Waals surface area contributed by atoms with E-state index in [1.807, 2.05) is 12.1 Å². The summed E-state index contributed by atoms with van der Waals surface area (Å²) in [5.74, 6) is 0.439. The van der Waals surface area contributed by atoms with Gasteiger partial charge >= 0.3 is 6.03 Å². The van der Waals surface area contributed by atoms with Crippen molar-refractivity contribution in [2.45, 2.75) is 11.3 Å². The minimum atomic E-state index is -3.37. The maximum Gasteiger partial charge on any atom is 0.342 e. The number of hydrogen-bond acceptors (Lipinski definition) is 5. The molecule has 0 aromatic heterocycles. The maximum absolute atomic E-state index is 13.9. The normalized spacial score (nSPS) is 12.9. The zero-order valence-electron chi connectivity index (χ0n) is 20.8. The SMILES string of the molecule is CS(=O)(=O)c1ccc(Oc2ccc(NC(=O)N3CCC=N3)c(-c3ccc(F)cc3)c2-c2ccc(Cl)cc2)cc1. The van der Waals surface area contributed by atoms with Crippen molar-refractivity contribution in [2.24, 2.45) is 5.10 Å². The van der Waals surface area contributed by atoms with Crippen LogP contribution in [0.3, 0.4) is 0 Å². The summed E-state index contributed by atoms with van der Waals surface area (Å²) in [4.78, 5) is 13.1. The molecule has 198 valence electrons. The van der Waals surface area contributed by atoms with E-state index in [1.165, 1.54) is 29.3 Å². The predicted molar refractivity (Wildman–Crippen MR) is 151 cm³/mol. The Balaban J connectivity index is 1.67. The van der Waals surface area contributed by atoms with Crippen molar-refractivity contribution in [3.05, 3.63) is 95.8 Å². The van der Waals surface area contributed by atoms with Gasteiger partial charge in [0.2, 0.25) is 0 Å². The number of benzene rings is 4. The first-order chi connectivity index (χ1) is 18.7. The smallest absolute Gasteiger partial charge is 0.342 e. The highest BCUT2D eigenvalue weighted by Gasteiger charge is 2.23. The molecule has 2 amide bonds. The lowest BCUT2D eigenvalue weighted by Crippen LogP contribution is -2.28. The van der Waals surface area contributed by atoms with E-state index in [0.717, 1.165) is 11.8 Å². The van der Waals surface area contributed by atoms with E-state index in [-0.39, 0.29) is 4.90 Å². The molecule has 4 aromatic carbocycles. The van der Waals surface area contributed by atoms with Crippen molar-refractivity contribution in [1.82, 2.24) is 5.01 Å². The van der Waals surface area contributed by atoms with E-state index >= 15 is 0 Å². The van der Waals surface area contributed by atoms with Gasteiger partial charge in [-0.2, -0.15) is 5.10 Å². The molecule has 7 nitrogen and oxygen atoms in total. The molecule has 0 radical (unpaired) electrons. The molecular weight excluding hydrogens is 541 g/mol. The third kappa shape index (κ3) is 5.94. The van der Waals surface area contributed by atoms with Crippen LogP contribution in [0.5, 0.6) is 11.5 Å². The number of halogens is 2. The van der Waals surface area contributed by atoms with Gasteiger partial charge in [0.05, 0.1) is 17.1 Å². The molecule has 1 aliphatic rings. The highest BCUT2D eigenvalue weighted by molar-refractivity contribution is 7.90. The van der Waals surface area contributed by atoms with Crippen LogP contribution in [0.25, 0.3) is 22.3 Å². The van der Waals surface area contributed by atoms with Crippen molar-refractivity contribution < 1.29 is 22.3 Å². The van der Waals surface area contributed by atoms with Crippen molar-refractivity contribution >= 4 is 39.4 Å². The number of amides is 2. The second-order valence-electron chi connectivity index (χ2n) is 8.86. The van der Waals surface area contributed by atoms with E-state index < -0.39 is 21.7 Å². The molecule has 0 saturated carbocycles. The van der Waals surface area contributed by atoms with Gasteiger partial charge in [0, 0.05) is 35.0 Å². The standard InChI is InChI=1S/C29H23ClFN3O4S/c1-39(36,37)24-13-11-23(12-14-24)38-26-16-15-25(33-29(35)34-18-2-17-32-34)27(19-5-9-22(31)10-6-19)28(26)20-3-7-21(30)8-4-20/h3-17H,2,18H2,1H3,(H,33,35). The lowest BCUT2D eigenvalue weighted by atomic mass is 9.92. The Morgan fingerprint density at radius 3 is 2.18 bits per heavy atom. The molecule has 0 saturated heterocycles. The lowest BCUT2D eigenvalue weighted by molar-refractivity contribution is 0.219. The van der Waals surface area contributed by atoms with Crippen LogP contribution in [0, 0.1) is 5.82 Å². The average molecular weight is 564 g/mol. The summed E-state index contributed by atoms with van der Waals surface area (Å²) in [5, 5.41) is 8.91. The van der Waals surface area contributed by atoms with Crippen LogP contribution in [0.1, 0.15) is 6.42 Å². The van der Waals surface area contributed by atoms with Crippen molar-refractivity contribution in [2.75, 3.05) is 18.1 Å². The fraction of sp³-hybridized carbons (Fsp3) is 0.103. The first kappa shape index (κ1) is 26.4. The minimum absolute atomic E-state index is 0.169. The fourth-order valence-electron chi connectivity index (χ4n) is 4.20. The van der Waals surface area contributed by atoms with Gasteiger partial charge in [-0.05, 0) is 71.8 Å². The molecule has 0 unspecified atom stereocenters. The van der Waals surface area contributed by atoms with Crippen molar-refractivity contribution in [3.8, 4) is 33.8 Å². The van der Waals surface area contributed by atoms with Gasteiger partial charge in [-0.3, -0.25) is 0 Å². The topological polar surface area (TPSA) is 88.1 Å². The summed E-state index contributed by atoms with van der Waals surface area (Å²) in [6, 6.07) is 22.1. The fourth-order valence-corrected chi connectivity index (χ4v) is 4.96. The maximum atomic E-state index is 13.9. The Hall–Kier alpha value is -4.21. The first-order valence-electron chi connectivity index (χ1n) is 12.0. The van der Waals surface area contributed by atoms with E-state index in [2.05, 4.69) is 10.4 Å². The Morgan fingerprint density at radius 1 is 0.923 bits per heavy atom. The Labute approximate surface area is 230 Å². The number of carbonyl (C=O) groups is 1. The molecule has 0 spiro atoms. The number of hydrogen-bond donors (Lipinski definition) is 1. The Morgan fingerprint density at radius 2 is 1.56 bits per heavy atom. The molecule has 0 bridgehead atoms. The zero-order valence-corrected chi connectivity index (χ0v) is 22.3. The molecule has 10 heteroatoms. The largest absolute Gasteiger partial charge is 0.457 e. The highest BCUT2D eigenvalue weighted by atomic mass is 35.5. The number of nitrogens with zero attached hydrogens (tertiary/aromatic N) is 2. The first-order valence-corrected chi connectivity index (χ1v) is 14.2. The number of nitrogens with one attached hydrogen (secondary N) is 1. The number of anilines is 1. The number of sulfone groups is 1. The lowest BCUT2D eigenvalue weighted by Gasteiger charge is -2.21. The van der Waals surface area contributed by atoms with Crippen molar-refractivity contribution in [1.29, 1.82) is 0 Å². The van der Waals surface area contributed by atoms with Gasteiger partial charge in [-0.1, -0.05) is 35.9 Å². The van der Waals surface area contributed by atoms with Crippen LogP contribution in [0.2, 0.25) is 5.02 Å². The molecule has 39 heavy (non-hydrogen) atoms. The average Bonchev–Trinajstić information content (AvgIpc) is 3.46. The van der Waals surface area contributed by atoms with E-state index in [1.54, 1.807) is 54.7 Å². The van der Waals surface area contributed by atoms with E-state index in [0.29, 0.717) is 51.9 Å². The van der Waals surface area contributed by atoms with Crippen LogP contribution < -0.4 is 10.1 Å². The highest BCUT2D eigenvalue weighted by Crippen LogP contribution is 2.45. The molecule has 4 aromatic rings. The Kier molecular flexibility index (Phi) is 7.36. The summed E-state index contributed by atoms with van der Waals surface area (Å²) >= 11 is 6.17.